The van der Waals surface area contributed by atoms with Crippen LogP contribution in [0.25, 0.3) is 0 Å². The molecule has 1 fully saturated rings. The first-order valence-corrected chi connectivity index (χ1v) is 9.22. The molecular formula is C20H25N3O2. The van der Waals surface area contributed by atoms with Gasteiger partial charge in [-0.15, -0.1) is 0 Å². The molecule has 1 aliphatic heterocycles. The number of amides is 1. The van der Waals surface area contributed by atoms with Gasteiger partial charge in [-0.25, -0.2) is 4.98 Å². The van der Waals surface area contributed by atoms with Crippen LogP contribution < -0.4 is 4.74 Å². The maximum Gasteiger partial charge on any atom is 0.260 e. The van der Waals surface area contributed by atoms with Gasteiger partial charge in [0.05, 0.1) is 6.04 Å². The molecule has 0 N–H and O–H groups in total. The van der Waals surface area contributed by atoms with E-state index in [0.29, 0.717) is 6.04 Å². The fourth-order valence-corrected chi connectivity index (χ4v) is 4.06. The van der Waals surface area contributed by atoms with Crippen molar-refractivity contribution < 1.29 is 9.53 Å². The molecule has 5 nitrogen and oxygen atoms in total. The zero-order valence-corrected chi connectivity index (χ0v) is 14.8. The summed E-state index contributed by atoms with van der Waals surface area (Å²) in [6.07, 6.45) is 9.46. The van der Waals surface area contributed by atoms with Gasteiger partial charge < -0.3 is 14.2 Å². The minimum absolute atomic E-state index is 0.0722. The molecule has 0 bridgehead atoms. The van der Waals surface area contributed by atoms with Gasteiger partial charge in [-0.1, -0.05) is 6.07 Å². The number of carbonyl (C=O) groups excluding carboxylic acids is 1. The first kappa shape index (κ1) is 16.2. The van der Waals surface area contributed by atoms with Gasteiger partial charge in [0.1, 0.15) is 11.6 Å². The highest BCUT2D eigenvalue weighted by molar-refractivity contribution is 5.78. The van der Waals surface area contributed by atoms with Crippen molar-refractivity contribution in [2.75, 3.05) is 19.7 Å². The second kappa shape index (κ2) is 6.90. The summed E-state index contributed by atoms with van der Waals surface area (Å²) in [7, 11) is 0. The third kappa shape index (κ3) is 3.41. The third-order valence-electron chi connectivity index (χ3n) is 5.44. The molecule has 2 heterocycles. The Kier molecular flexibility index (Phi) is 4.47. The smallest absolute Gasteiger partial charge is 0.260 e. The Bertz CT molecular complexity index is 768. The lowest BCUT2D eigenvalue weighted by Crippen LogP contribution is -2.43. The highest BCUT2D eigenvalue weighted by Gasteiger charge is 2.25. The quantitative estimate of drug-likeness (QED) is 0.860. The van der Waals surface area contributed by atoms with Gasteiger partial charge in [0.25, 0.3) is 5.91 Å². The Morgan fingerprint density at radius 1 is 1.28 bits per heavy atom. The van der Waals surface area contributed by atoms with E-state index in [1.165, 1.54) is 17.5 Å². The second-order valence-electron chi connectivity index (χ2n) is 7.09. The Balaban J connectivity index is 1.35. The van der Waals surface area contributed by atoms with E-state index in [2.05, 4.69) is 21.7 Å². The summed E-state index contributed by atoms with van der Waals surface area (Å²) in [6, 6.07) is 6.55. The number of imidazole rings is 1. The molecule has 4 rings (SSSR count). The van der Waals surface area contributed by atoms with Crippen molar-refractivity contribution in [2.24, 2.45) is 0 Å². The molecule has 1 aromatic carbocycles. The van der Waals surface area contributed by atoms with Gasteiger partial charge in [-0.05, 0) is 62.3 Å². The van der Waals surface area contributed by atoms with Gasteiger partial charge in [0.15, 0.2) is 6.61 Å². The minimum atomic E-state index is 0.0722. The molecule has 132 valence electrons. The molecule has 1 saturated heterocycles. The summed E-state index contributed by atoms with van der Waals surface area (Å²) < 4.78 is 7.97. The number of aryl methyl sites for hydroxylation is 3. The van der Waals surface area contributed by atoms with Crippen LogP contribution in [0.1, 0.15) is 42.3 Å². The molecule has 2 aliphatic rings. The maximum atomic E-state index is 12.6. The average molecular weight is 339 g/mol. The lowest BCUT2D eigenvalue weighted by Gasteiger charge is -2.33. The normalized spacial score (nSPS) is 19.7. The Morgan fingerprint density at radius 3 is 3.00 bits per heavy atom. The number of rotatable bonds is 4. The number of piperidine rings is 1. The molecule has 5 heteroatoms. The van der Waals surface area contributed by atoms with Gasteiger partial charge in [-0.2, -0.15) is 0 Å². The molecule has 1 aliphatic carbocycles. The van der Waals surface area contributed by atoms with E-state index in [9.17, 15) is 4.79 Å². The topological polar surface area (TPSA) is 47.4 Å². The monoisotopic (exact) mass is 339 g/mol. The highest BCUT2D eigenvalue weighted by Crippen LogP contribution is 2.26. The van der Waals surface area contributed by atoms with Crippen LogP contribution in [0.2, 0.25) is 0 Å². The lowest BCUT2D eigenvalue weighted by molar-refractivity contribution is -0.135. The number of ether oxygens (including phenoxy) is 1. The summed E-state index contributed by atoms with van der Waals surface area (Å²) in [5.74, 6) is 1.89. The number of fused-ring (bicyclic) bond motifs is 1. The van der Waals surface area contributed by atoms with Crippen LogP contribution in [-0.2, 0) is 17.6 Å². The van der Waals surface area contributed by atoms with Gasteiger partial charge in [-0.3, -0.25) is 4.79 Å². The van der Waals surface area contributed by atoms with Crippen molar-refractivity contribution in [1.82, 2.24) is 14.5 Å². The summed E-state index contributed by atoms with van der Waals surface area (Å²) >= 11 is 0. The average Bonchev–Trinajstić information content (AvgIpc) is 3.27. The lowest BCUT2D eigenvalue weighted by atomic mass is 10.1. The molecule has 0 saturated carbocycles. The molecule has 0 spiro atoms. The fraction of sp³-hybridized carbons (Fsp3) is 0.500. The van der Waals surface area contributed by atoms with E-state index in [0.717, 1.165) is 50.3 Å². The predicted octanol–water partition coefficient (Wildman–Crippen LogP) is 2.92. The van der Waals surface area contributed by atoms with Crippen molar-refractivity contribution in [3.8, 4) is 5.75 Å². The highest BCUT2D eigenvalue weighted by atomic mass is 16.5. The zero-order valence-electron chi connectivity index (χ0n) is 14.8. The van der Waals surface area contributed by atoms with Crippen LogP contribution in [0, 0.1) is 6.92 Å². The number of nitrogens with zero attached hydrogens (tertiary/aromatic N) is 3. The van der Waals surface area contributed by atoms with Crippen LogP contribution in [-0.4, -0.2) is 40.1 Å². The Hall–Kier alpha value is -2.30. The number of likely N-dealkylation sites (tertiary alicyclic amines) is 1. The van der Waals surface area contributed by atoms with Crippen molar-refractivity contribution in [3.63, 3.8) is 0 Å². The van der Waals surface area contributed by atoms with E-state index < -0.39 is 0 Å². The summed E-state index contributed by atoms with van der Waals surface area (Å²) in [5.41, 5.74) is 2.80. The summed E-state index contributed by atoms with van der Waals surface area (Å²) in [4.78, 5) is 18.8. The van der Waals surface area contributed by atoms with Crippen LogP contribution in [0.15, 0.2) is 30.6 Å². The molecule has 1 unspecified atom stereocenters. The number of benzene rings is 1. The van der Waals surface area contributed by atoms with E-state index in [1.807, 2.05) is 30.3 Å². The van der Waals surface area contributed by atoms with E-state index in [1.54, 1.807) is 0 Å². The third-order valence-corrected chi connectivity index (χ3v) is 5.44. The van der Waals surface area contributed by atoms with Crippen molar-refractivity contribution in [1.29, 1.82) is 0 Å². The zero-order chi connectivity index (χ0) is 17.2. The first-order chi connectivity index (χ1) is 12.2. The largest absolute Gasteiger partial charge is 0.484 e. The van der Waals surface area contributed by atoms with Crippen LogP contribution in [0.5, 0.6) is 5.75 Å². The van der Waals surface area contributed by atoms with E-state index in [4.69, 9.17) is 4.74 Å². The fourth-order valence-electron chi connectivity index (χ4n) is 4.06. The Labute approximate surface area is 148 Å². The van der Waals surface area contributed by atoms with Gasteiger partial charge in [0, 0.05) is 25.5 Å². The SMILES string of the molecule is Cc1nccn1C1CCCN(C(=O)COc2ccc3c(c2)CCC3)C1. The number of hydrogen-bond acceptors (Lipinski definition) is 3. The maximum absolute atomic E-state index is 12.6. The molecule has 25 heavy (non-hydrogen) atoms. The van der Waals surface area contributed by atoms with Gasteiger partial charge >= 0.3 is 0 Å². The molecule has 2 aromatic rings. The summed E-state index contributed by atoms with van der Waals surface area (Å²) in [6.45, 7) is 3.69. The number of hydrogen-bond donors (Lipinski definition) is 0. The van der Waals surface area contributed by atoms with Crippen molar-refractivity contribution in [2.45, 2.75) is 45.1 Å². The van der Waals surface area contributed by atoms with Crippen molar-refractivity contribution in [3.05, 3.63) is 47.5 Å². The standard InChI is InChI=1S/C20H25N3O2/c1-15-21-9-11-23(15)18-6-3-10-22(13-18)20(24)14-25-19-8-7-16-4-2-5-17(16)12-19/h7-9,11-12,18H,2-6,10,13-14H2,1H3. The predicted molar refractivity (Wildman–Crippen MR) is 95.8 cm³/mol. The molecule has 1 aromatic heterocycles. The molecular weight excluding hydrogens is 314 g/mol. The van der Waals surface area contributed by atoms with Gasteiger partial charge in [0.2, 0.25) is 0 Å². The minimum Gasteiger partial charge on any atom is -0.484 e. The van der Waals surface area contributed by atoms with Crippen LogP contribution in [0.3, 0.4) is 0 Å². The summed E-state index contributed by atoms with van der Waals surface area (Å²) in [5, 5.41) is 0. The van der Waals surface area contributed by atoms with E-state index in [-0.39, 0.29) is 12.5 Å². The van der Waals surface area contributed by atoms with Crippen LogP contribution >= 0.6 is 0 Å². The van der Waals surface area contributed by atoms with Crippen LogP contribution in [0.4, 0.5) is 0 Å². The molecule has 0 radical (unpaired) electrons. The molecule has 1 amide bonds. The van der Waals surface area contributed by atoms with E-state index >= 15 is 0 Å². The first-order valence-electron chi connectivity index (χ1n) is 9.22. The second-order valence-corrected chi connectivity index (χ2v) is 7.09. The Morgan fingerprint density at radius 2 is 2.16 bits per heavy atom. The van der Waals surface area contributed by atoms with Crippen molar-refractivity contribution >= 4 is 5.91 Å². The molecule has 1 atom stereocenters. The number of carbonyl (C=O) groups is 1. The number of aromatic nitrogens is 2.